The molecule has 5 nitrogen and oxygen atoms in total. The third-order valence-corrected chi connectivity index (χ3v) is 2.95. The molecule has 0 aliphatic carbocycles. The summed E-state index contributed by atoms with van der Waals surface area (Å²) in [5, 5.41) is 18.1. The zero-order valence-corrected chi connectivity index (χ0v) is 10.6. The summed E-state index contributed by atoms with van der Waals surface area (Å²) in [4.78, 5) is 10.7. The summed E-state index contributed by atoms with van der Waals surface area (Å²) in [5.41, 5.74) is 1.40. The van der Waals surface area contributed by atoms with Crippen molar-refractivity contribution in [1.82, 2.24) is 15.0 Å². The van der Waals surface area contributed by atoms with E-state index in [9.17, 15) is 9.90 Å². The number of halogens is 1. The highest BCUT2D eigenvalue weighted by Crippen LogP contribution is 2.12. The smallest absolute Gasteiger partial charge is 0.131 e. The number of hydrogen-bond acceptors (Lipinski definition) is 4. The SMILES string of the molecule is Cc1c(C(=O)[O-])nnn1Cc1ccc(Br)cc1. The first-order chi connectivity index (χ1) is 8.08. The lowest BCUT2D eigenvalue weighted by Gasteiger charge is -2.04. The van der Waals surface area contributed by atoms with Crippen LogP contribution in [0.3, 0.4) is 0 Å². The Morgan fingerprint density at radius 2 is 2.06 bits per heavy atom. The molecule has 0 unspecified atom stereocenters. The number of carbonyl (C=O) groups is 1. The Bertz CT molecular complexity index is 548. The molecule has 0 amide bonds. The van der Waals surface area contributed by atoms with Gasteiger partial charge in [-0.1, -0.05) is 33.3 Å². The first kappa shape index (κ1) is 11.8. The largest absolute Gasteiger partial charge is 0.543 e. The Kier molecular flexibility index (Phi) is 3.23. The predicted molar refractivity (Wildman–Crippen MR) is 62.3 cm³/mol. The van der Waals surface area contributed by atoms with E-state index in [1.807, 2.05) is 24.3 Å². The quantitative estimate of drug-likeness (QED) is 0.838. The minimum absolute atomic E-state index is 0.109. The van der Waals surface area contributed by atoms with Gasteiger partial charge in [0.1, 0.15) is 5.69 Å². The van der Waals surface area contributed by atoms with Crippen molar-refractivity contribution in [3.05, 3.63) is 45.7 Å². The molecule has 17 heavy (non-hydrogen) atoms. The van der Waals surface area contributed by atoms with Gasteiger partial charge >= 0.3 is 0 Å². The van der Waals surface area contributed by atoms with Gasteiger partial charge in [0.2, 0.25) is 0 Å². The molecule has 0 saturated heterocycles. The first-order valence-corrected chi connectivity index (χ1v) is 5.73. The van der Waals surface area contributed by atoms with Gasteiger partial charge in [-0.05, 0) is 24.6 Å². The highest BCUT2D eigenvalue weighted by molar-refractivity contribution is 9.10. The maximum Gasteiger partial charge on any atom is 0.131 e. The number of carboxylic acid groups (broad SMARTS) is 1. The van der Waals surface area contributed by atoms with Gasteiger partial charge in [-0.2, -0.15) is 0 Å². The lowest BCUT2D eigenvalue weighted by atomic mass is 10.2. The van der Waals surface area contributed by atoms with Gasteiger partial charge in [-0.15, -0.1) is 5.10 Å². The Balaban J connectivity index is 2.24. The van der Waals surface area contributed by atoms with Crippen LogP contribution in [0.1, 0.15) is 21.7 Å². The number of hydrogen-bond donors (Lipinski definition) is 0. The highest BCUT2D eigenvalue weighted by atomic mass is 79.9. The van der Waals surface area contributed by atoms with Crippen molar-refractivity contribution in [2.75, 3.05) is 0 Å². The minimum atomic E-state index is -1.30. The van der Waals surface area contributed by atoms with Gasteiger partial charge in [-0.3, -0.25) is 0 Å². The van der Waals surface area contributed by atoms with Gasteiger partial charge in [0.05, 0.1) is 18.2 Å². The lowest BCUT2D eigenvalue weighted by molar-refractivity contribution is -0.255. The van der Waals surface area contributed by atoms with Crippen LogP contribution in [0.4, 0.5) is 0 Å². The molecular weight excluding hydrogens is 286 g/mol. The van der Waals surface area contributed by atoms with Crippen LogP contribution < -0.4 is 5.11 Å². The van der Waals surface area contributed by atoms with Crippen molar-refractivity contribution in [2.45, 2.75) is 13.5 Å². The van der Waals surface area contributed by atoms with Crippen molar-refractivity contribution in [3.8, 4) is 0 Å². The number of aromatic nitrogens is 3. The number of benzene rings is 1. The van der Waals surface area contributed by atoms with Crippen molar-refractivity contribution in [1.29, 1.82) is 0 Å². The number of rotatable bonds is 3. The molecule has 0 fully saturated rings. The first-order valence-electron chi connectivity index (χ1n) is 4.94. The molecule has 0 atom stereocenters. The third-order valence-electron chi connectivity index (χ3n) is 2.42. The molecule has 1 heterocycles. The second kappa shape index (κ2) is 4.67. The average molecular weight is 295 g/mol. The van der Waals surface area contributed by atoms with Gasteiger partial charge < -0.3 is 9.90 Å². The van der Waals surface area contributed by atoms with Crippen LogP contribution in [0.15, 0.2) is 28.7 Å². The van der Waals surface area contributed by atoms with E-state index in [0.717, 1.165) is 10.0 Å². The normalized spacial score (nSPS) is 10.5. The van der Waals surface area contributed by atoms with E-state index >= 15 is 0 Å². The van der Waals surface area contributed by atoms with Crippen molar-refractivity contribution < 1.29 is 9.90 Å². The number of aromatic carboxylic acids is 1. The van der Waals surface area contributed by atoms with Crippen LogP contribution in [0.5, 0.6) is 0 Å². The molecular formula is C11H9BrN3O2-. The van der Waals surface area contributed by atoms with E-state index in [1.165, 1.54) is 4.68 Å². The Morgan fingerprint density at radius 1 is 1.41 bits per heavy atom. The fraction of sp³-hybridized carbons (Fsp3) is 0.182. The molecule has 0 radical (unpaired) electrons. The summed E-state index contributed by atoms with van der Waals surface area (Å²) in [5.74, 6) is -1.30. The minimum Gasteiger partial charge on any atom is -0.543 e. The van der Waals surface area contributed by atoms with Crippen molar-refractivity contribution in [3.63, 3.8) is 0 Å². The lowest BCUT2D eigenvalue weighted by Crippen LogP contribution is -2.23. The summed E-state index contributed by atoms with van der Waals surface area (Å²) < 4.78 is 2.53. The highest BCUT2D eigenvalue weighted by Gasteiger charge is 2.09. The Labute approximate surface area is 106 Å². The number of nitrogens with zero attached hydrogens (tertiary/aromatic N) is 3. The zero-order chi connectivity index (χ0) is 12.4. The molecule has 0 N–H and O–H groups in total. The summed E-state index contributed by atoms with van der Waals surface area (Å²) in [7, 11) is 0. The van der Waals surface area contributed by atoms with Crippen LogP contribution >= 0.6 is 15.9 Å². The molecule has 1 aromatic heterocycles. The van der Waals surface area contributed by atoms with E-state index < -0.39 is 5.97 Å². The third kappa shape index (κ3) is 2.52. The van der Waals surface area contributed by atoms with E-state index in [0.29, 0.717) is 12.2 Å². The van der Waals surface area contributed by atoms with Crippen LogP contribution in [-0.2, 0) is 6.54 Å². The topological polar surface area (TPSA) is 70.8 Å². The maximum absolute atomic E-state index is 10.7. The van der Waals surface area contributed by atoms with Crippen LogP contribution in [0, 0.1) is 6.92 Å². The second-order valence-corrected chi connectivity index (χ2v) is 4.51. The molecule has 88 valence electrons. The average Bonchev–Trinajstić information content (AvgIpc) is 2.64. The summed E-state index contributed by atoms with van der Waals surface area (Å²) in [6, 6.07) is 7.70. The van der Waals surface area contributed by atoms with Gasteiger partial charge in [-0.25, -0.2) is 4.68 Å². The number of carboxylic acids is 1. The fourth-order valence-corrected chi connectivity index (χ4v) is 1.73. The molecule has 2 aromatic rings. The summed E-state index contributed by atoms with van der Waals surface area (Å²) in [6.07, 6.45) is 0. The predicted octanol–water partition coefficient (Wildman–Crippen LogP) is 0.761. The molecule has 0 saturated carbocycles. The molecule has 0 aliphatic rings. The molecule has 0 spiro atoms. The van der Waals surface area contributed by atoms with Gasteiger partial charge in [0.15, 0.2) is 0 Å². The molecule has 0 bridgehead atoms. The Hall–Kier alpha value is -1.69. The monoisotopic (exact) mass is 294 g/mol. The number of carbonyl (C=O) groups excluding carboxylic acids is 1. The van der Waals surface area contributed by atoms with Crippen molar-refractivity contribution >= 4 is 21.9 Å². The van der Waals surface area contributed by atoms with Crippen LogP contribution in [0.2, 0.25) is 0 Å². The van der Waals surface area contributed by atoms with Crippen LogP contribution in [-0.4, -0.2) is 21.0 Å². The fourth-order valence-electron chi connectivity index (χ4n) is 1.46. The zero-order valence-electron chi connectivity index (χ0n) is 9.05. The van der Waals surface area contributed by atoms with E-state index in [-0.39, 0.29) is 5.69 Å². The summed E-state index contributed by atoms with van der Waals surface area (Å²) in [6.45, 7) is 2.14. The molecule has 0 aliphatic heterocycles. The van der Waals surface area contributed by atoms with Gasteiger partial charge in [0, 0.05) is 4.47 Å². The molecule has 1 aromatic carbocycles. The molecule has 2 rings (SSSR count). The van der Waals surface area contributed by atoms with Gasteiger partial charge in [0.25, 0.3) is 0 Å². The molecule has 6 heteroatoms. The van der Waals surface area contributed by atoms with E-state index in [1.54, 1.807) is 6.92 Å². The standard InChI is InChI=1S/C11H10BrN3O2/c1-7-10(11(16)17)13-14-15(7)6-8-2-4-9(12)5-3-8/h2-5H,6H2,1H3,(H,16,17)/p-1. The van der Waals surface area contributed by atoms with Crippen LogP contribution in [0.25, 0.3) is 0 Å². The van der Waals surface area contributed by atoms with Crippen molar-refractivity contribution in [2.24, 2.45) is 0 Å². The maximum atomic E-state index is 10.7. The van der Waals surface area contributed by atoms with E-state index in [4.69, 9.17) is 0 Å². The second-order valence-electron chi connectivity index (χ2n) is 3.60. The summed E-state index contributed by atoms with van der Waals surface area (Å²) >= 11 is 3.35. The Morgan fingerprint density at radius 3 is 2.59 bits per heavy atom. The van der Waals surface area contributed by atoms with E-state index in [2.05, 4.69) is 26.2 Å².